The molecule has 4 heteroatoms. The van der Waals surface area contributed by atoms with Gasteiger partial charge in [0.2, 0.25) is 5.91 Å². The van der Waals surface area contributed by atoms with Gasteiger partial charge in [0, 0.05) is 43.6 Å². The van der Waals surface area contributed by atoms with E-state index >= 15 is 0 Å². The molecule has 3 nitrogen and oxygen atoms in total. The molecule has 1 amide bonds. The highest BCUT2D eigenvalue weighted by atomic mass is 32.2. The van der Waals surface area contributed by atoms with Crippen LogP contribution in [0.25, 0.3) is 0 Å². The first-order valence-electron chi connectivity index (χ1n) is 5.58. The Labute approximate surface area is 102 Å². The minimum atomic E-state index is 0.180. The summed E-state index contributed by atoms with van der Waals surface area (Å²) in [4.78, 5) is 13.8. The van der Waals surface area contributed by atoms with Gasteiger partial charge in [-0.25, -0.2) is 0 Å². The lowest BCUT2D eigenvalue weighted by molar-refractivity contribution is -0.130. The fraction of sp³-hybridized carbons (Fsp3) is 0.583. The van der Waals surface area contributed by atoms with Crippen LogP contribution in [0.1, 0.15) is 6.42 Å². The third-order valence-corrected chi connectivity index (χ3v) is 3.60. The fourth-order valence-corrected chi connectivity index (χ4v) is 2.63. The molecule has 0 spiro atoms. The standard InChI is InChI=1S/C12H20N2OS/c1-3-6-14(7-4-2)12(15)9-11-10-16-8-5-13-11/h3-4,11,13H,1-2,5-10H2. The maximum atomic E-state index is 12.0. The van der Waals surface area contributed by atoms with Gasteiger partial charge in [-0.3, -0.25) is 4.79 Å². The van der Waals surface area contributed by atoms with E-state index in [-0.39, 0.29) is 5.91 Å². The van der Waals surface area contributed by atoms with Gasteiger partial charge in [-0.15, -0.1) is 13.2 Å². The summed E-state index contributed by atoms with van der Waals surface area (Å²) in [7, 11) is 0. The average Bonchev–Trinajstić information content (AvgIpc) is 2.30. The summed E-state index contributed by atoms with van der Waals surface area (Å²) in [5.41, 5.74) is 0. The van der Waals surface area contributed by atoms with Crippen LogP contribution < -0.4 is 5.32 Å². The second-order valence-electron chi connectivity index (χ2n) is 3.81. The molecule has 0 saturated carbocycles. The van der Waals surface area contributed by atoms with E-state index < -0.39 is 0 Å². The highest BCUT2D eigenvalue weighted by Gasteiger charge is 2.19. The predicted molar refractivity (Wildman–Crippen MR) is 70.7 cm³/mol. The van der Waals surface area contributed by atoms with Crippen LogP contribution in [0.3, 0.4) is 0 Å². The number of carbonyl (C=O) groups is 1. The van der Waals surface area contributed by atoms with Crippen LogP contribution in [-0.2, 0) is 4.79 Å². The molecule has 90 valence electrons. The molecule has 1 saturated heterocycles. The van der Waals surface area contributed by atoms with Crippen molar-refractivity contribution in [3.63, 3.8) is 0 Å². The van der Waals surface area contributed by atoms with Gasteiger partial charge in [0.15, 0.2) is 0 Å². The van der Waals surface area contributed by atoms with E-state index in [9.17, 15) is 4.79 Å². The highest BCUT2D eigenvalue weighted by molar-refractivity contribution is 7.99. The van der Waals surface area contributed by atoms with Gasteiger partial charge in [0.25, 0.3) is 0 Å². The molecule has 1 N–H and O–H groups in total. The molecular formula is C12H20N2OS. The number of amides is 1. The summed E-state index contributed by atoms with van der Waals surface area (Å²) in [6.45, 7) is 9.54. The van der Waals surface area contributed by atoms with Gasteiger partial charge >= 0.3 is 0 Å². The maximum Gasteiger partial charge on any atom is 0.224 e. The van der Waals surface area contributed by atoms with E-state index in [1.165, 1.54) is 0 Å². The molecule has 0 bridgehead atoms. The first-order chi connectivity index (χ1) is 7.77. The zero-order valence-electron chi connectivity index (χ0n) is 9.65. The van der Waals surface area contributed by atoms with E-state index in [1.807, 2.05) is 11.8 Å². The Balaban J connectivity index is 2.39. The molecule has 16 heavy (non-hydrogen) atoms. The van der Waals surface area contributed by atoms with Crippen LogP contribution in [0.2, 0.25) is 0 Å². The maximum absolute atomic E-state index is 12.0. The topological polar surface area (TPSA) is 32.3 Å². The van der Waals surface area contributed by atoms with E-state index in [4.69, 9.17) is 0 Å². The van der Waals surface area contributed by atoms with Crippen LogP contribution in [0.5, 0.6) is 0 Å². The van der Waals surface area contributed by atoms with Gasteiger partial charge in [0.05, 0.1) is 0 Å². The predicted octanol–water partition coefficient (Wildman–Crippen LogP) is 1.28. The minimum Gasteiger partial charge on any atom is -0.335 e. The molecule has 1 atom stereocenters. The number of nitrogens with zero attached hydrogens (tertiary/aromatic N) is 1. The van der Waals surface area contributed by atoms with Crippen molar-refractivity contribution in [3.05, 3.63) is 25.3 Å². The van der Waals surface area contributed by atoms with E-state index in [2.05, 4.69) is 18.5 Å². The molecule has 1 heterocycles. The molecule has 0 aromatic rings. The van der Waals surface area contributed by atoms with Crippen molar-refractivity contribution in [1.29, 1.82) is 0 Å². The zero-order chi connectivity index (χ0) is 11.8. The Morgan fingerprint density at radius 2 is 2.12 bits per heavy atom. The molecule has 1 fully saturated rings. The van der Waals surface area contributed by atoms with Crippen molar-refractivity contribution >= 4 is 17.7 Å². The number of rotatable bonds is 6. The quantitative estimate of drug-likeness (QED) is 0.710. The molecule has 0 radical (unpaired) electrons. The molecule has 1 unspecified atom stereocenters. The first-order valence-corrected chi connectivity index (χ1v) is 6.74. The summed E-state index contributed by atoms with van der Waals surface area (Å²) < 4.78 is 0. The van der Waals surface area contributed by atoms with Crippen LogP contribution in [-0.4, -0.2) is 48.0 Å². The molecule has 0 aromatic carbocycles. The minimum absolute atomic E-state index is 0.180. The van der Waals surface area contributed by atoms with Crippen molar-refractivity contribution in [2.75, 3.05) is 31.1 Å². The lowest BCUT2D eigenvalue weighted by Gasteiger charge is -2.26. The summed E-state index contributed by atoms with van der Waals surface area (Å²) in [5.74, 6) is 2.36. The molecule has 0 aliphatic carbocycles. The summed E-state index contributed by atoms with van der Waals surface area (Å²) in [6, 6.07) is 0.323. The normalized spacial score (nSPS) is 20.1. The van der Waals surface area contributed by atoms with Crippen LogP contribution >= 0.6 is 11.8 Å². The van der Waals surface area contributed by atoms with E-state index in [0.29, 0.717) is 25.6 Å². The third-order valence-electron chi connectivity index (χ3n) is 2.47. The average molecular weight is 240 g/mol. The van der Waals surface area contributed by atoms with E-state index in [0.717, 1.165) is 18.1 Å². The van der Waals surface area contributed by atoms with Crippen molar-refractivity contribution in [1.82, 2.24) is 10.2 Å². The lowest BCUT2D eigenvalue weighted by atomic mass is 10.2. The second-order valence-corrected chi connectivity index (χ2v) is 4.96. The Morgan fingerprint density at radius 3 is 2.62 bits per heavy atom. The summed E-state index contributed by atoms with van der Waals surface area (Å²) >= 11 is 1.91. The van der Waals surface area contributed by atoms with Crippen molar-refractivity contribution in [2.45, 2.75) is 12.5 Å². The van der Waals surface area contributed by atoms with E-state index in [1.54, 1.807) is 17.1 Å². The highest BCUT2D eigenvalue weighted by Crippen LogP contribution is 2.11. The Hall–Kier alpha value is -0.740. The van der Waals surface area contributed by atoms with Gasteiger partial charge in [-0.2, -0.15) is 11.8 Å². The van der Waals surface area contributed by atoms with Gasteiger partial charge < -0.3 is 10.2 Å². The smallest absolute Gasteiger partial charge is 0.224 e. The number of nitrogens with one attached hydrogen (secondary N) is 1. The lowest BCUT2D eigenvalue weighted by Crippen LogP contribution is -2.42. The van der Waals surface area contributed by atoms with Gasteiger partial charge in [-0.1, -0.05) is 12.2 Å². The SMILES string of the molecule is C=CCN(CC=C)C(=O)CC1CSCCN1. The first kappa shape index (κ1) is 13.3. The van der Waals surface area contributed by atoms with Gasteiger partial charge in [0.1, 0.15) is 0 Å². The Morgan fingerprint density at radius 1 is 1.44 bits per heavy atom. The Bertz CT molecular complexity index is 239. The molecular weight excluding hydrogens is 220 g/mol. The molecule has 1 aliphatic rings. The largest absolute Gasteiger partial charge is 0.335 e. The van der Waals surface area contributed by atoms with Crippen molar-refractivity contribution in [2.24, 2.45) is 0 Å². The molecule has 1 rings (SSSR count). The van der Waals surface area contributed by atoms with Crippen molar-refractivity contribution < 1.29 is 4.79 Å². The second kappa shape index (κ2) is 7.52. The molecule has 1 aliphatic heterocycles. The number of hydrogen-bond acceptors (Lipinski definition) is 3. The number of hydrogen-bond donors (Lipinski definition) is 1. The van der Waals surface area contributed by atoms with Crippen LogP contribution in [0.4, 0.5) is 0 Å². The van der Waals surface area contributed by atoms with Crippen LogP contribution in [0, 0.1) is 0 Å². The Kier molecular flexibility index (Phi) is 6.26. The molecule has 0 aromatic heterocycles. The van der Waals surface area contributed by atoms with Crippen LogP contribution in [0.15, 0.2) is 25.3 Å². The summed E-state index contributed by atoms with van der Waals surface area (Å²) in [5, 5.41) is 3.37. The summed E-state index contributed by atoms with van der Waals surface area (Å²) in [6.07, 6.45) is 4.09. The van der Waals surface area contributed by atoms with Gasteiger partial charge in [-0.05, 0) is 0 Å². The number of thioether (sulfide) groups is 1. The number of carbonyl (C=O) groups excluding carboxylic acids is 1. The third kappa shape index (κ3) is 4.41. The zero-order valence-corrected chi connectivity index (χ0v) is 10.5. The fourth-order valence-electron chi connectivity index (χ4n) is 1.68. The monoisotopic (exact) mass is 240 g/mol. The van der Waals surface area contributed by atoms with Crippen molar-refractivity contribution in [3.8, 4) is 0 Å².